The molecular weight excluding hydrogens is 180 g/mol. The lowest BCUT2D eigenvalue weighted by molar-refractivity contribution is 0.747. The van der Waals surface area contributed by atoms with Crippen LogP contribution in [-0.2, 0) is 0 Å². The molecule has 0 saturated carbocycles. The molecule has 1 heteroatoms. The second-order valence-electron chi connectivity index (χ2n) is 3.47. The summed E-state index contributed by atoms with van der Waals surface area (Å²) in [6, 6.07) is 10.5. The zero-order valence-corrected chi connectivity index (χ0v) is 8.30. The summed E-state index contributed by atoms with van der Waals surface area (Å²) in [5.41, 5.74) is 2.74. The minimum Gasteiger partial charge on any atom is -0.118 e. The lowest BCUT2D eigenvalue weighted by atomic mass is 9.94. The first-order valence-corrected chi connectivity index (χ1v) is 5.20. The summed E-state index contributed by atoms with van der Waals surface area (Å²) in [5.74, 6) is 0. The minimum atomic E-state index is 0.240. The Labute approximate surface area is 84.2 Å². The van der Waals surface area contributed by atoms with E-state index in [9.17, 15) is 0 Å². The summed E-state index contributed by atoms with van der Waals surface area (Å²) >= 11 is 6.08. The molecule has 13 heavy (non-hydrogen) atoms. The monoisotopic (exact) mass is 192 g/mol. The van der Waals surface area contributed by atoms with Gasteiger partial charge in [0, 0.05) is 0 Å². The van der Waals surface area contributed by atoms with Gasteiger partial charge in [-0.25, -0.2) is 0 Å². The molecule has 1 atom stereocenters. The van der Waals surface area contributed by atoms with E-state index in [0.29, 0.717) is 0 Å². The lowest BCUT2D eigenvalue weighted by Gasteiger charge is -2.16. The van der Waals surface area contributed by atoms with Crippen LogP contribution in [-0.4, -0.2) is 5.38 Å². The van der Waals surface area contributed by atoms with Crippen LogP contribution in [0.2, 0.25) is 0 Å². The summed E-state index contributed by atoms with van der Waals surface area (Å²) in [6.45, 7) is 0. The van der Waals surface area contributed by atoms with Crippen LogP contribution in [0.3, 0.4) is 0 Å². The predicted octanol–water partition coefficient (Wildman–Crippen LogP) is 3.86. The van der Waals surface area contributed by atoms with Crippen LogP contribution in [0, 0.1) is 0 Å². The van der Waals surface area contributed by atoms with Crippen molar-refractivity contribution in [3.05, 3.63) is 42.0 Å². The van der Waals surface area contributed by atoms with Gasteiger partial charge in [0.1, 0.15) is 0 Å². The van der Waals surface area contributed by atoms with Gasteiger partial charge in [-0.15, -0.1) is 11.6 Å². The smallest absolute Gasteiger partial charge is 0.0522 e. The molecule has 0 radical (unpaired) electrons. The van der Waals surface area contributed by atoms with Crippen LogP contribution in [0.4, 0.5) is 0 Å². The molecule has 1 unspecified atom stereocenters. The molecular formula is C12H13Cl. The van der Waals surface area contributed by atoms with E-state index in [0.717, 1.165) is 6.42 Å². The molecule has 0 saturated heterocycles. The highest BCUT2D eigenvalue weighted by atomic mass is 35.5. The molecule has 1 aromatic carbocycles. The van der Waals surface area contributed by atoms with Crippen molar-refractivity contribution >= 4 is 17.2 Å². The van der Waals surface area contributed by atoms with Crippen molar-refractivity contribution in [2.75, 3.05) is 0 Å². The third kappa shape index (κ3) is 2.13. The van der Waals surface area contributed by atoms with E-state index < -0.39 is 0 Å². The molecule has 0 nitrogen and oxygen atoms in total. The van der Waals surface area contributed by atoms with Gasteiger partial charge in [0.2, 0.25) is 0 Å². The van der Waals surface area contributed by atoms with Crippen molar-refractivity contribution < 1.29 is 0 Å². The average molecular weight is 193 g/mol. The van der Waals surface area contributed by atoms with Crippen LogP contribution in [0.25, 0.3) is 5.57 Å². The third-order valence-corrected chi connectivity index (χ3v) is 2.80. The molecule has 0 aromatic heterocycles. The Balaban J connectivity index is 2.26. The molecule has 0 amide bonds. The Kier molecular flexibility index (Phi) is 2.70. The molecule has 0 spiro atoms. The minimum absolute atomic E-state index is 0.240. The van der Waals surface area contributed by atoms with Crippen LogP contribution in [0.5, 0.6) is 0 Å². The molecule has 2 rings (SSSR count). The Morgan fingerprint density at radius 1 is 1.15 bits per heavy atom. The Bertz CT molecular complexity index is 300. The number of benzene rings is 1. The topological polar surface area (TPSA) is 0 Å². The number of alkyl halides is 1. The van der Waals surface area contributed by atoms with E-state index in [2.05, 4.69) is 30.3 Å². The van der Waals surface area contributed by atoms with Crippen LogP contribution in [0.15, 0.2) is 36.4 Å². The Morgan fingerprint density at radius 3 is 2.62 bits per heavy atom. The second-order valence-corrected chi connectivity index (χ2v) is 4.03. The van der Waals surface area contributed by atoms with Crippen molar-refractivity contribution in [3.63, 3.8) is 0 Å². The van der Waals surface area contributed by atoms with Crippen molar-refractivity contribution in [1.29, 1.82) is 0 Å². The van der Waals surface area contributed by atoms with Crippen LogP contribution in [0.1, 0.15) is 24.8 Å². The number of rotatable bonds is 1. The number of halogens is 1. The average Bonchev–Trinajstić information content (AvgIpc) is 2.19. The third-order valence-electron chi connectivity index (χ3n) is 2.45. The first-order valence-electron chi connectivity index (χ1n) is 4.76. The first-order chi connectivity index (χ1) is 6.36. The zero-order chi connectivity index (χ0) is 9.10. The lowest BCUT2D eigenvalue weighted by Crippen LogP contribution is -2.02. The van der Waals surface area contributed by atoms with Gasteiger partial charge in [-0.2, -0.15) is 0 Å². The molecule has 0 N–H and O–H groups in total. The summed E-state index contributed by atoms with van der Waals surface area (Å²) in [4.78, 5) is 0. The molecule has 0 bridgehead atoms. The van der Waals surface area contributed by atoms with Crippen molar-refractivity contribution in [1.82, 2.24) is 0 Å². The fraction of sp³-hybridized carbons (Fsp3) is 0.333. The summed E-state index contributed by atoms with van der Waals surface area (Å²) in [6.07, 6.45) is 5.71. The van der Waals surface area contributed by atoms with Crippen LogP contribution >= 0.6 is 11.6 Å². The van der Waals surface area contributed by atoms with Gasteiger partial charge >= 0.3 is 0 Å². The maximum absolute atomic E-state index is 6.08. The summed E-state index contributed by atoms with van der Waals surface area (Å²) < 4.78 is 0. The van der Waals surface area contributed by atoms with Gasteiger partial charge in [0.15, 0.2) is 0 Å². The molecule has 1 aliphatic carbocycles. The predicted molar refractivity (Wildman–Crippen MR) is 57.9 cm³/mol. The van der Waals surface area contributed by atoms with E-state index in [4.69, 9.17) is 11.6 Å². The van der Waals surface area contributed by atoms with Gasteiger partial charge in [0.25, 0.3) is 0 Å². The molecule has 0 heterocycles. The van der Waals surface area contributed by atoms with Crippen molar-refractivity contribution in [2.45, 2.75) is 24.6 Å². The van der Waals surface area contributed by atoms with E-state index in [1.165, 1.54) is 24.0 Å². The highest BCUT2D eigenvalue weighted by Gasteiger charge is 2.11. The number of hydrogen-bond acceptors (Lipinski definition) is 0. The maximum Gasteiger partial charge on any atom is 0.0522 e. The second kappa shape index (κ2) is 3.97. The summed E-state index contributed by atoms with van der Waals surface area (Å²) in [5, 5.41) is 0.240. The quantitative estimate of drug-likeness (QED) is 0.593. The van der Waals surface area contributed by atoms with Gasteiger partial charge < -0.3 is 0 Å². The Morgan fingerprint density at radius 2 is 1.92 bits per heavy atom. The molecule has 68 valence electrons. The number of allylic oxidation sites excluding steroid dienone is 2. The van der Waals surface area contributed by atoms with Gasteiger partial charge in [0.05, 0.1) is 5.38 Å². The Hall–Kier alpha value is -0.750. The van der Waals surface area contributed by atoms with Gasteiger partial charge in [-0.1, -0.05) is 36.4 Å². The highest BCUT2D eigenvalue weighted by molar-refractivity contribution is 6.22. The molecule has 1 aromatic rings. The molecule has 0 aliphatic heterocycles. The van der Waals surface area contributed by atoms with E-state index in [1.807, 2.05) is 6.07 Å². The van der Waals surface area contributed by atoms with Crippen LogP contribution < -0.4 is 0 Å². The molecule has 1 aliphatic rings. The first kappa shape index (κ1) is 8.83. The summed E-state index contributed by atoms with van der Waals surface area (Å²) in [7, 11) is 0. The standard InChI is InChI=1S/C12H13Cl/c13-12-8-4-7-11(9-12)10-5-2-1-3-6-10/h1-3,5-6,9,12H,4,7-8H2. The van der Waals surface area contributed by atoms with Crippen molar-refractivity contribution in [2.24, 2.45) is 0 Å². The number of hydrogen-bond donors (Lipinski definition) is 0. The molecule has 0 fully saturated rings. The fourth-order valence-electron chi connectivity index (χ4n) is 1.77. The maximum atomic E-state index is 6.08. The largest absolute Gasteiger partial charge is 0.118 e. The van der Waals surface area contributed by atoms with E-state index >= 15 is 0 Å². The van der Waals surface area contributed by atoms with Gasteiger partial charge in [-0.3, -0.25) is 0 Å². The highest BCUT2D eigenvalue weighted by Crippen LogP contribution is 2.28. The van der Waals surface area contributed by atoms with E-state index in [-0.39, 0.29) is 5.38 Å². The SMILES string of the molecule is ClC1C=C(c2ccccc2)CCC1. The fourth-order valence-corrected chi connectivity index (χ4v) is 2.07. The van der Waals surface area contributed by atoms with Crippen molar-refractivity contribution in [3.8, 4) is 0 Å². The van der Waals surface area contributed by atoms with Gasteiger partial charge in [-0.05, 0) is 30.4 Å². The zero-order valence-electron chi connectivity index (χ0n) is 7.54. The normalized spacial score (nSPS) is 22.5. The van der Waals surface area contributed by atoms with E-state index in [1.54, 1.807) is 0 Å².